The quantitative estimate of drug-likeness (QED) is 0.774. The molecule has 0 saturated heterocycles. The van der Waals surface area contributed by atoms with Gasteiger partial charge in [-0.3, -0.25) is 10.1 Å². The van der Waals surface area contributed by atoms with E-state index in [1.54, 1.807) is 14.2 Å². The smallest absolute Gasteiger partial charge is 0.237 e. The molecule has 25 heavy (non-hydrogen) atoms. The number of rotatable bonds is 8. The van der Waals surface area contributed by atoms with E-state index in [4.69, 9.17) is 9.47 Å². The predicted octanol–water partition coefficient (Wildman–Crippen LogP) is 3.06. The number of nitrogens with one attached hydrogen (secondary N) is 2. The summed E-state index contributed by atoms with van der Waals surface area (Å²) in [6, 6.07) is 15.5. The van der Waals surface area contributed by atoms with Crippen molar-refractivity contribution in [2.24, 2.45) is 0 Å². The molecule has 134 valence electrons. The van der Waals surface area contributed by atoms with Crippen molar-refractivity contribution in [3.05, 3.63) is 59.7 Å². The van der Waals surface area contributed by atoms with Gasteiger partial charge in [0, 0.05) is 12.6 Å². The van der Waals surface area contributed by atoms with Gasteiger partial charge in [0.25, 0.3) is 0 Å². The molecule has 1 amide bonds. The average molecular weight is 342 g/mol. The van der Waals surface area contributed by atoms with Gasteiger partial charge in [0.15, 0.2) is 11.5 Å². The van der Waals surface area contributed by atoms with Crippen LogP contribution in [0.3, 0.4) is 0 Å². The molecule has 0 spiro atoms. The molecule has 0 aromatic heterocycles. The molecule has 0 fully saturated rings. The second kappa shape index (κ2) is 9.08. The van der Waals surface area contributed by atoms with Gasteiger partial charge in [-0.1, -0.05) is 36.4 Å². The zero-order chi connectivity index (χ0) is 18.2. The second-order valence-corrected chi connectivity index (χ2v) is 5.93. The molecule has 0 aliphatic carbocycles. The normalized spacial score (nSPS) is 13.0. The monoisotopic (exact) mass is 342 g/mol. The molecule has 2 aromatic rings. The highest BCUT2D eigenvalue weighted by Crippen LogP contribution is 2.27. The number of hydrogen-bond acceptors (Lipinski definition) is 4. The van der Waals surface area contributed by atoms with Crippen LogP contribution in [0.25, 0.3) is 0 Å². The Morgan fingerprint density at radius 1 is 1.00 bits per heavy atom. The fraction of sp³-hybridized carbons (Fsp3) is 0.350. The van der Waals surface area contributed by atoms with Crippen molar-refractivity contribution in [1.82, 2.24) is 10.6 Å². The summed E-state index contributed by atoms with van der Waals surface area (Å²) in [5, 5.41) is 6.26. The maximum atomic E-state index is 12.3. The van der Waals surface area contributed by atoms with Crippen molar-refractivity contribution in [1.29, 1.82) is 0 Å². The molecule has 0 bridgehead atoms. The highest BCUT2D eigenvalue weighted by molar-refractivity contribution is 5.81. The Hall–Kier alpha value is -2.53. The van der Waals surface area contributed by atoms with E-state index in [1.165, 1.54) is 0 Å². The number of hydrogen-bond donors (Lipinski definition) is 2. The number of ether oxygens (including phenoxy) is 2. The van der Waals surface area contributed by atoms with Gasteiger partial charge in [0.2, 0.25) is 5.91 Å². The van der Waals surface area contributed by atoms with E-state index in [-0.39, 0.29) is 18.0 Å². The molecule has 0 aliphatic heterocycles. The Kier molecular flexibility index (Phi) is 6.83. The largest absolute Gasteiger partial charge is 0.493 e. The van der Waals surface area contributed by atoms with Gasteiger partial charge in [-0.15, -0.1) is 0 Å². The Morgan fingerprint density at radius 2 is 1.68 bits per heavy atom. The summed E-state index contributed by atoms with van der Waals surface area (Å²) in [7, 11) is 3.19. The Labute approximate surface area is 149 Å². The first-order valence-corrected chi connectivity index (χ1v) is 8.34. The topological polar surface area (TPSA) is 59.6 Å². The van der Waals surface area contributed by atoms with Gasteiger partial charge in [-0.25, -0.2) is 0 Å². The summed E-state index contributed by atoms with van der Waals surface area (Å²) in [4.78, 5) is 12.3. The molecule has 0 radical (unpaired) electrons. The fourth-order valence-corrected chi connectivity index (χ4v) is 2.62. The van der Waals surface area contributed by atoms with Gasteiger partial charge in [-0.05, 0) is 37.1 Å². The van der Waals surface area contributed by atoms with Gasteiger partial charge < -0.3 is 14.8 Å². The van der Waals surface area contributed by atoms with Gasteiger partial charge in [-0.2, -0.15) is 0 Å². The number of carbonyl (C=O) groups excluding carboxylic acids is 1. The summed E-state index contributed by atoms with van der Waals surface area (Å²) < 4.78 is 10.5. The van der Waals surface area contributed by atoms with Crippen LogP contribution in [-0.2, 0) is 11.3 Å². The molecule has 0 aliphatic rings. The van der Waals surface area contributed by atoms with Crippen LogP contribution in [0.4, 0.5) is 0 Å². The summed E-state index contributed by atoms with van der Waals surface area (Å²) in [6.45, 7) is 4.35. The third-order valence-corrected chi connectivity index (χ3v) is 4.11. The molecule has 5 nitrogen and oxygen atoms in total. The highest BCUT2D eigenvalue weighted by atomic mass is 16.5. The van der Waals surface area contributed by atoms with Crippen molar-refractivity contribution in [2.45, 2.75) is 32.5 Å². The minimum absolute atomic E-state index is 0.0439. The van der Waals surface area contributed by atoms with E-state index >= 15 is 0 Å². The molecular weight excluding hydrogens is 316 g/mol. The number of carbonyl (C=O) groups is 1. The van der Waals surface area contributed by atoms with Gasteiger partial charge >= 0.3 is 0 Å². The van der Waals surface area contributed by atoms with Crippen molar-refractivity contribution in [3.63, 3.8) is 0 Å². The van der Waals surface area contributed by atoms with E-state index in [2.05, 4.69) is 10.6 Å². The van der Waals surface area contributed by atoms with E-state index in [9.17, 15) is 4.79 Å². The first kappa shape index (κ1) is 18.8. The summed E-state index contributed by atoms with van der Waals surface area (Å²) in [5.74, 6) is 1.28. The van der Waals surface area contributed by atoms with Gasteiger partial charge in [0.1, 0.15) is 0 Å². The first-order chi connectivity index (χ1) is 12.0. The summed E-state index contributed by atoms with van der Waals surface area (Å²) in [5.41, 5.74) is 2.11. The van der Waals surface area contributed by atoms with Crippen molar-refractivity contribution in [2.75, 3.05) is 14.2 Å². The predicted molar refractivity (Wildman–Crippen MR) is 98.8 cm³/mol. The van der Waals surface area contributed by atoms with Crippen LogP contribution in [0.15, 0.2) is 48.5 Å². The van der Waals surface area contributed by atoms with Crippen molar-refractivity contribution < 1.29 is 14.3 Å². The van der Waals surface area contributed by atoms with Gasteiger partial charge in [0.05, 0.1) is 20.3 Å². The minimum Gasteiger partial charge on any atom is -0.493 e. The maximum Gasteiger partial charge on any atom is 0.237 e. The average Bonchev–Trinajstić information content (AvgIpc) is 2.66. The Balaban J connectivity index is 1.89. The molecule has 0 saturated carbocycles. The van der Waals surface area contributed by atoms with Crippen molar-refractivity contribution in [3.8, 4) is 11.5 Å². The van der Waals surface area contributed by atoms with Crippen LogP contribution in [0.1, 0.15) is 31.0 Å². The van der Waals surface area contributed by atoms with Crippen LogP contribution < -0.4 is 20.1 Å². The lowest BCUT2D eigenvalue weighted by Gasteiger charge is -2.20. The zero-order valence-corrected chi connectivity index (χ0v) is 15.2. The Morgan fingerprint density at radius 3 is 2.32 bits per heavy atom. The molecule has 0 heterocycles. The van der Waals surface area contributed by atoms with E-state index in [0.29, 0.717) is 18.0 Å². The number of amides is 1. The van der Waals surface area contributed by atoms with Crippen LogP contribution >= 0.6 is 0 Å². The maximum absolute atomic E-state index is 12.3. The molecule has 2 aromatic carbocycles. The molecule has 2 rings (SSSR count). The van der Waals surface area contributed by atoms with Crippen LogP contribution in [-0.4, -0.2) is 26.2 Å². The SMILES string of the molecule is COc1ccc(CNC(=O)[C@H](C)N[C@@H](C)c2ccccc2)cc1OC. The molecule has 5 heteroatoms. The third kappa shape index (κ3) is 5.22. The number of benzene rings is 2. The van der Waals surface area contributed by atoms with E-state index < -0.39 is 0 Å². The Bertz CT molecular complexity index is 689. The fourth-order valence-electron chi connectivity index (χ4n) is 2.62. The zero-order valence-electron chi connectivity index (χ0n) is 15.2. The van der Waals surface area contributed by atoms with Crippen LogP contribution in [0, 0.1) is 0 Å². The lowest BCUT2D eigenvalue weighted by molar-refractivity contribution is -0.123. The molecular formula is C20H26N2O3. The van der Waals surface area contributed by atoms with E-state index in [0.717, 1.165) is 11.1 Å². The van der Waals surface area contributed by atoms with Crippen LogP contribution in [0.2, 0.25) is 0 Å². The number of methoxy groups -OCH3 is 2. The summed E-state index contributed by atoms with van der Waals surface area (Å²) in [6.07, 6.45) is 0. The molecule has 0 unspecified atom stereocenters. The molecule has 2 atom stereocenters. The lowest BCUT2D eigenvalue weighted by Crippen LogP contribution is -2.42. The third-order valence-electron chi connectivity index (χ3n) is 4.11. The first-order valence-electron chi connectivity index (χ1n) is 8.34. The standard InChI is InChI=1S/C20H26N2O3/c1-14(17-8-6-5-7-9-17)22-15(2)20(23)21-13-16-10-11-18(24-3)19(12-16)25-4/h5-12,14-15,22H,13H2,1-4H3,(H,21,23)/t14-,15-/m0/s1. The lowest BCUT2D eigenvalue weighted by atomic mass is 10.1. The minimum atomic E-state index is -0.296. The van der Waals surface area contributed by atoms with Crippen LogP contribution in [0.5, 0.6) is 11.5 Å². The second-order valence-electron chi connectivity index (χ2n) is 5.93. The summed E-state index contributed by atoms with van der Waals surface area (Å²) >= 11 is 0. The molecule has 2 N–H and O–H groups in total. The van der Waals surface area contributed by atoms with Crippen molar-refractivity contribution >= 4 is 5.91 Å². The van der Waals surface area contributed by atoms with E-state index in [1.807, 2.05) is 62.4 Å². The highest BCUT2D eigenvalue weighted by Gasteiger charge is 2.16.